The van der Waals surface area contributed by atoms with Crippen molar-refractivity contribution in [3.8, 4) is 0 Å². The highest BCUT2D eigenvalue weighted by Crippen LogP contribution is 2.17. The van der Waals surface area contributed by atoms with Crippen LogP contribution in [0.3, 0.4) is 0 Å². The van der Waals surface area contributed by atoms with Gasteiger partial charge in [-0.3, -0.25) is 4.99 Å². The van der Waals surface area contributed by atoms with Crippen LogP contribution in [0, 0.1) is 5.92 Å². The van der Waals surface area contributed by atoms with E-state index in [4.69, 9.17) is 0 Å². The minimum atomic E-state index is 0. The minimum Gasteiger partial charge on any atom is -0.356 e. The second kappa shape index (κ2) is 10.4. The molecule has 6 heteroatoms. The van der Waals surface area contributed by atoms with Gasteiger partial charge in [-0.1, -0.05) is 6.92 Å². The predicted octanol–water partition coefficient (Wildman–Crippen LogP) is 2.98. The summed E-state index contributed by atoms with van der Waals surface area (Å²) in [5.41, 5.74) is 1.40. The van der Waals surface area contributed by atoms with Gasteiger partial charge >= 0.3 is 0 Å². The van der Waals surface area contributed by atoms with Gasteiger partial charge in [0.1, 0.15) is 0 Å². The van der Waals surface area contributed by atoms with Crippen LogP contribution in [0.25, 0.3) is 0 Å². The number of hydrogen-bond acceptors (Lipinski definition) is 3. The van der Waals surface area contributed by atoms with Crippen molar-refractivity contribution in [2.24, 2.45) is 10.9 Å². The molecule has 2 rings (SSSR count). The number of halogens is 1. The zero-order chi connectivity index (χ0) is 15.1. The van der Waals surface area contributed by atoms with Crippen molar-refractivity contribution in [3.05, 3.63) is 22.4 Å². The highest BCUT2D eigenvalue weighted by molar-refractivity contribution is 14.0. The zero-order valence-electron chi connectivity index (χ0n) is 13.8. The standard InChI is InChI=1S/C16H28N4S.HI/c1-13(15-6-8-21-12-15)9-18-16(17-2)19-10-14-5-4-7-20(3)11-14;/h6,8,12-14H,4-5,7,9-11H2,1-3H3,(H2,17,18,19);1H. The normalized spacial score (nSPS) is 21.0. The van der Waals surface area contributed by atoms with Crippen LogP contribution in [-0.4, -0.2) is 51.1 Å². The number of rotatable bonds is 5. The quantitative estimate of drug-likeness (QED) is 0.424. The Hall–Kier alpha value is -0.340. The summed E-state index contributed by atoms with van der Waals surface area (Å²) in [6.07, 6.45) is 2.63. The molecule has 0 aromatic carbocycles. The number of nitrogens with zero attached hydrogens (tertiary/aromatic N) is 2. The first kappa shape index (κ1) is 19.7. The van der Waals surface area contributed by atoms with E-state index in [1.54, 1.807) is 11.3 Å². The third-order valence-corrected chi connectivity index (χ3v) is 4.89. The molecule has 2 heterocycles. The van der Waals surface area contributed by atoms with Crippen molar-refractivity contribution < 1.29 is 0 Å². The second-order valence-corrected chi connectivity index (χ2v) is 6.84. The topological polar surface area (TPSA) is 39.7 Å². The fraction of sp³-hybridized carbons (Fsp3) is 0.688. The molecule has 0 radical (unpaired) electrons. The van der Waals surface area contributed by atoms with Gasteiger partial charge in [0.15, 0.2) is 5.96 Å². The lowest BCUT2D eigenvalue weighted by Crippen LogP contribution is -2.44. The number of piperidine rings is 1. The summed E-state index contributed by atoms with van der Waals surface area (Å²) in [6, 6.07) is 2.20. The SMILES string of the molecule is CN=C(NCC1CCCN(C)C1)NCC(C)c1ccsc1.I. The molecule has 0 bridgehead atoms. The first-order chi connectivity index (χ1) is 10.2. The number of likely N-dealkylation sites (tertiary alicyclic amines) is 1. The van der Waals surface area contributed by atoms with Gasteiger partial charge in [0.2, 0.25) is 0 Å². The number of aliphatic imine (C=N–C) groups is 1. The third-order valence-electron chi connectivity index (χ3n) is 4.19. The monoisotopic (exact) mass is 436 g/mol. The molecule has 2 atom stereocenters. The van der Waals surface area contributed by atoms with Gasteiger partial charge in [-0.15, -0.1) is 24.0 Å². The van der Waals surface area contributed by atoms with Gasteiger partial charge in [-0.25, -0.2) is 0 Å². The summed E-state index contributed by atoms with van der Waals surface area (Å²) < 4.78 is 0. The van der Waals surface area contributed by atoms with Gasteiger partial charge in [-0.2, -0.15) is 11.3 Å². The molecule has 0 aliphatic carbocycles. The fourth-order valence-electron chi connectivity index (χ4n) is 2.82. The summed E-state index contributed by atoms with van der Waals surface area (Å²) >= 11 is 1.76. The largest absolute Gasteiger partial charge is 0.356 e. The average Bonchev–Trinajstić information content (AvgIpc) is 3.01. The van der Waals surface area contributed by atoms with Gasteiger partial charge in [0.05, 0.1) is 0 Å². The molecule has 1 aliphatic rings. The predicted molar refractivity (Wildman–Crippen MR) is 108 cm³/mol. The first-order valence-electron chi connectivity index (χ1n) is 7.84. The van der Waals surface area contributed by atoms with Crippen LogP contribution >= 0.6 is 35.3 Å². The molecule has 2 unspecified atom stereocenters. The van der Waals surface area contributed by atoms with Crippen molar-refractivity contribution in [2.45, 2.75) is 25.7 Å². The van der Waals surface area contributed by atoms with Crippen molar-refractivity contribution in [2.75, 3.05) is 40.3 Å². The third kappa shape index (κ3) is 6.42. The van der Waals surface area contributed by atoms with E-state index in [2.05, 4.69) is 51.3 Å². The molecule has 1 fully saturated rings. The Bertz CT molecular complexity index is 435. The highest BCUT2D eigenvalue weighted by Gasteiger charge is 2.17. The van der Waals surface area contributed by atoms with Gasteiger partial charge in [-0.05, 0) is 60.7 Å². The molecular formula is C16H29IN4S. The molecule has 0 saturated carbocycles. The molecule has 1 saturated heterocycles. The Morgan fingerprint density at radius 3 is 2.95 bits per heavy atom. The van der Waals surface area contributed by atoms with Crippen LogP contribution in [0.4, 0.5) is 0 Å². The molecule has 1 aromatic heterocycles. The lowest BCUT2D eigenvalue weighted by Gasteiger charge is -2.30. The van der Waals surface area contributed by atoms with E-state index < -0.39 is 0 Å². The summed E-state index contributed by atoms with van der Waals surface area (Å²) in [5.74, 6) is 2.16. The molecule has 0 spiro atoms. The molecule has 126 valence electrons. The molecular weight excluding hydrogens is 407 g/mol. The van der Waals surface area contributed by atoms with E-state index in [1.807, 2.05) is 7.05 Å². The van der Waals surface area contributed by atoms with E-state index in [-0.39, 0.29) is 24.0 Å². The van der Waals surface area contributed by atoms with Crippen LogP contribution < -0.4 is 10.6 Å². The molecule has 22 heavy (non-hydrogen) atoms. The molecule has 1 aliphatic heterocycles. The lowest BCUT2D eigenvalue weighted by molar-refractivity contribution is 0.210. The van der Waals surface area contributed by atoms with Crippen LogP contribution in [0.1, 0.15) is 31.2 Å². The number of guanidine groups is 1. The maximum atomic E-state index is 4.33. The number of thiophene rings is 1. The Morgan fingerprint density at radius 1 is 1.50 bits per heavy atom. The zero-order valence-corrected chi connectivity index (χ0v) is 17.0. The van der Waals surface area contributed by atoms with Crippen LogP contribution in [0.15, 0.2) is 21.8 Å². The second-order valence-electron chi connectivity index (χ2n) is 6.06. The van der Waals surface area contributed by atoms with Gasteiger partial charge in [0.25, 0.3) is 0 Å². The maximum absolute atomic E-state index is 4.33. The van der Waals surface area contributed by atoms with Crippen molar-refractivity contribution in [1.82, 2.24) is 15.5 Å². The average molecular weight is 436 g/mol. The van der Waals surface area contributed by atoms with Gasteiger partial charge in [0, 0.05) is 26.7 Å². The van der Waals surface area contributed by atoms with Crippen LogP contribution in [0.5, 0.6) is 0 Å². The summed E-state index contributed by atoms with van der Waals surface area (Å²) in [4.78, 5) is 6.75. The van der Waals surface area contributed by atoms with Crippen LogP contribution in [-0.2, 0) is 0 Å². The number of hydrogen-bond donors (Lipinski definition) is 2. The van der Waals surface area contributed by atoms with E-state index in [1.165, 1.54) is 31.5 Å². The van der Waals surface area contributed by atoms with E-state index in [9.17, 15) is 0 Å². The molecule has 4 nitrogen and oxygen atoms in total. The first-order valence-corrected chi connectivity index (χ1v) is 8.78. The van der Waals surface area contributed by atoms with Gasteiger partial charge < -0.3 is 15.5 Å². The maximum Gasteiger partial charge on any atom is 0.191 e. The Labute approximate surface area is 155 Å². The highest BCUT2D eigenvalue weighted by atomic mass is 127. The van der Waals surface area contributed by atoms with E-state index >= 15 is 0 Å². The summed E-state index contributed by atoms with van der Waals surface area (Å²) in [6.45, 7) is 6.60. The van der Waals surface area contributed by atoms with Crippen molar-refractivity contribution in [3.63, 3.8) is 0 Å². The Balaban J connectivity index is 0.00000242. The van der Waals surface area contributed by atoms with E-state index in [0.29, 0.717) is 5.92 Å². The van der Waals surface area contributed by atoms with Crippen molar-refractivity contribution in [1.29, 1.82) is 0 Å². The summed E-state index contributed by atoms with van der Waals surface area (Å²) in [7, 11) is 4.05. The van der Waals surface area contributed by atoms with Crippen LogP contribution in [0.2, 0.25) is 0 Å². The molecule has 0 amide bonds. The molecule has 1 aromatic rings. The molecule has 2 N–H and O–H groups in total. The fourth-order valence-corrected chi connectivity index (χ4v) is 3.61. The Kier molecular flexibility index (Phi) is 9.35. The smallest absolute Gasteiger partial charge is 0.191 e. The number of nitrogens with one attached hydrogen (secondary N) is 2. The lowest BCUT2D eigenvalue weighted by atomic mass is 9.98. The van der Waals surface area contributed by atoms with E-state index in [0.717, 1.165) is 25.0 Å². The Morgan fingerprint density at radius 2 is 2.32 bits per heavy atom. The minimum absolute atomic E-state index is 0. The van der Waals surface area contributed by atoms with Crippen molar-refractivity contribution >= 4 is 41.3 Å². The summed E-state index contributed by atoms with van der Waals surface area (Å²) in [5, 5.41) is 11.3.